The van der Waals surface area contributed by atoms with E-state index in [1.807, 2.05) is 50.2 Å². The first-order valence-corrected chi connectivity index (χ1v) is 9.68. The lowest BCUT2D eigenvalue weighted by molar-refractivity contribution is 0.0940. The van der Waals surface area contributed by atoms with Crippen LogP contribution >= 0.6 is 11.6 Å². The topological polar surface area (TPSA) is 45.2 Å². The van der Waals surface area contributed by atoms with Crippen molar-refractivity contribution >= 4 is 23.2 Å². The quantitative estimate of drug-likeness (QED) is 0.847. The minimum Gasteiger partial charge on any atom is -0.372 e. The Morgan fingerprint density at radius 1 is 1.23 bits per heavy atom. The van der Waals surface area contributed by atoms with Gasteiger partial charge in [0.2, 0.25) is 0 Å². The summed E-state index contributed by atoms with van der Waals surface area (Å²) in [6.45, 7) is 6.04. The summed E-state index contributed by atoms with van der Waals surface area (Å²) in [5, 5.41) is 3.54. The first-order valence-electron chi connectivity index (χ1n) is 9.31. The van der Waals surface area contributed by atoms with Gasteiger partial charge in [-0.2, -0.15) is 0 Å². The second-order valence-electron chi connectivity index (χ2n) is 7.06. The molecular formula is C21H26ClN3O. The number of benzene rings is 1. The molecule has 0 spiro atoms. The molecule has 0 bridgehead atoms. The van der Waals surface area contributed by atoms with Gasteiger partial charge >= 0.3 is 0 Å². The van der Waals surface area contributed by atoms with Gasteiger partial charge in [-0.25, -0.2) is 0 Å². The SMILES string of the molecule is Cc1cccc(CC(C)NC(=O)c2cc(N3CCCCC3)ccc2Cl)n1. The number of rotatable bonds is 5. The maximum atomic E-state index is 12.7. The van der Waals surface area contributed by atoms with Gasteiger partial charge in [0.05, 0.1) is 10.6 Å². The number of halogens is 1. The predicted octanol–water partition coefficient (Wildman–Crippen LogP) is 4.39. The molecule has 1 atom stereocenters. The van der Waals surface area contributed by atoms with Crippen LogP contribution in [-0.4, -0.2) is 30.0 Å². The molecule has 1 unspecified atom stereocenters. The van der Waals surface area contributed by atoms with Crippen LogP contribution in [0.2, 0.25) is 5.02 Å². The fourth-order valence-corrected chi connectivity index (χ4v) is 3.62. The summed E-state index contributed by atoms with van der Waals surface area (Å²) in [5.74, 6) is -0.131. The van der Waals surface area contributed by atoms with Crippen molar-refractivity contribution in [1.82, 2.24) is 10.3 Å². The number of nitrogens with one attached hydrogen (secondary N) is 1. The number of carbonyl (C=O) groups is 1. The molecule has 1 fully saturated rings. The van der Waals surface area contributed by atoms with Crippen LogP contribution in [0.4, 0.5) is 5.69 Å². The summed E-state index contributed by atoms with van der Waals surface area (Å²) in [5.41, 5.74) is 3.58. The largest absolute Gasteiger partial charge is 0.372 e. The zero-order valence-electron chi connectivity index (χ0n) is 15.5. The average Bonchev–Trinajstić information content (AvgIpc) is 2.62. The third-order valence-electron chi connectivity index (χ3n) is 4.75. The van der Waals surface area contributed by atoms with Crippen molar-refractivity contribution in [3.8, 4) is 0 Å². The molecule has 1 aliphatic heterocycles. The summed E-state index contributed by atoms with van der Waals surface area (Å²) in [6.07, 6.45) is 4.37. The number of aryl methyl sites for hydroxylation is 1. The minimum atomic E-state index is -0.131. The molecule has 1 aromatic carbocycles. The summed E-state index contributed by atoms with van der Waals surface area (Å²) in [4.78, 5) is 19.6. The van der Waals surface area contributed by atoms with E-state index < -0.39 is 0 Å². The van der Waals surface area contributed by atoms with Crippen molar-refractivity contribution in [3.05, 3.63) is 58.4 Å². The van der Waals surface area contributed by atoms with Crippen LogP contribution in [0.1, 0.15) is 47.9 Å². The van der Waals surface area contributed by atoms with Gasteiger partial charge in [-0.15, -0.1) is 0 Å². The van der Waals surface area contributed by atoms with Crippen LogP contribution in [0.3, 0.4) is 0 Å². The summed E-state index contributed by atoms with van der Waals surface area (Å²) in [7, 11) is 0. The highest BCUT2D eigenvalue weighted by Crippen LogP contribution is 2.25. The van der Waals surface area contributed by atoms with Crippen molar-refractivity contribution in [2.45, 2.75) is 45.6 Å². The molecule has 5 heteroatoms. The van der Waals surface area contributed by atoms with Crippen molar-refractivity contribution in [3.63, 3.8) is 0 Å². The van der Waals surface area contributed by atoms with E-state index in [0.29, 0.717) is 17.0 Å². The zero-order chi connectivity index (χ0) is 18.5. The number of carbonyl (C=O) groups excluding carboxylic acids is 1. The van der Waals surface area contributed by atoms with Crippen LogP contribution in [-0.2, 0) is 6.42 Å². The maximum absolute atomic E-state index is 12.7. The molecule has 1 aromatic heterocycles. The van der Waals surface area contributed by atoms with Gasteiger partial charge in [0.15, 0.2) is 0 Å². The third kappa shape index (κ3) is 4.76. The van der Waals surface area contributed by atoms with E-state index in [-0.39, 0.29) is 11.9 Å². The number of nitrogens with zero attached hydrogens (tertiary/aromatic N) is 2. The second kappa shape index (κ2) is 8.54. The lowest BCUT2D eigenvalue weighted by atomic mass is 10.1. The van der Waals surface area contributed by atoms with Gasteiger partial charge in [-0.05, 0) is 63.4 Å². The first-order chi connectivity index (χ1) is 12.5. The van der Waals surface area contributed by atoms with Gasteiger partial charge in [-0.3, -0.25) is 9.78 Å². The summed E-state index contributed by atoms with van der Waals surface area (Å²) < 4.78 is 0. The Labute approximate surface area is 160 Å². The van der Waals surface area contributed by atoms with Gasteiger partial charge in [0.25, 0.3) is 5.91 Å². The number of amides is 1. The standard InChI is InChI=1S/C21H26ClN3O/c1-15-7-6-8-17(23-15)13-16(2)24-21(26)19-14-18(9-10-20(19)22)25-11-4-3-5-12-25/h6-10,14,16H,3-5,11-13H2,1-2H3,(H,24,26). The molecule has 0 saturated carbocycles. The molecule has 0 radical (unpaired) electrons. The van der Waals surface area contributed by atoms with Crippen LogP contribution in [0.25, 0.3) is 0 Å². The predicted molar refractivity (Wildman–Crippen MR) is 107 cm³/mol. The number of pyridine rings is 1. The van der Waals surface area contributed by atoms with Crippen LogP contribution in [0, 0.1) is 6.92 Å². The Bertz CT molecular complexity index is 772. The molecular weight excluding hydrogens is 346 g/mol. The highest BCUT2D eigenvalue weighted by molar-refractivity contribution is 6.34. The lowest BCUT2D eigenvalue weighted by Gasteiger charge is -2.29. The molecule has 1 amide bonds. The highest BCUT2D eigenvalue weighted by Gasteiger charge is 2.17. The number of piperidine rings is 1. The first kappa shape index (κ1) is 18.7. The van der Waals surface area contributed by atoms with E-state index in [1.54, 1.807) is 0 Å². The van der Waals surface area contributed by atoms with Crippen molar-refractivity contribution in [1.29, 1.82) is 0 Å². The van der Waals surface area contributed by atoms with E-state index in [9.17, 15) is 4.79 Å². The normalized spacial score (nSPS) is 15.6. The molecule has 138 valence electrons. The molecule has 1 N–H and O–H groups in total. The van der Waals surface area contributed by atoms with Crippen LogP contribution in [0.15, 0.2) is 36.4 Å². The molecule has 2 aromatic rings. The minimum absolute atomic E-state index is 0.0218. The van der Waals surface area contributed by atoms with Crippen LogP contribution < -0.4 is 10.2 Å². The van der Waals surface area contributed by atoms with E-state index in [4.69, 9.17) is 11.6 Å². The zero-order valence-corrected chi connectivity index (χ0v) is 16.2. The van der Waals surface area contributed by atoms with Gasteiger partial charge in [0, 0.05) is 42.6 Å². The Hall–Kier alpha value is -2.07. The van der Waals surface area contributed by atoms with E-state index >= 15 is 0 Å². The monoisotopic (exact) mass is 371 g/mol. The average molecular weight is 372 g/mol. The fourth-order valence-electron chi connectivity index (χ4n) is 3.42. The summed E-state index contributed by atoms with van der Waals surface area (Å²) in [6, 6.07) is 11.7. The molecule has 3 rings (SSSR count). The van der Waals surface area contributed by atoms with Gasteiger partial charge in [-0.1, -0.05) is 17.7 Å². The Morgan fingerprint density at radius 2 is 2.00 bits per heavy atom. The Balaban J connectivity index is 1.68. The van der Waals surface area contributed by atoms with Crippen molar-refractivity contribution < 1.29 is 4.79 Å². The molecule has 26 heavy (non-hydrogen) atoms. The Morgan fingerprint density at radius 3 is 2.73 bits per heavy atom. The molecule has 1 saturated heterocycles. The third-order valence-corrected chi connectivity index (χ3v) is 5.08. The molecule has 1 aliphatic rings. The number of hydrogen-bond donors (Lipinski definition) is 1. The van der Waals surface area contributed by atoms with Gasteiger partial charge in [0.1, 0.15) is 0 Å². The highest BCUT2D eigenvalue weighted by atomic mass is 35.5. The smallest absolute Gasteiger partial charge is 0.253 e. The fraction of sp³-hybridized carbons (Fsp3) is 0.429. The van der Waals surface area contributed by atoms with E-state index in [1.165, 1.54) is 19.3 Å². The number of anilines is 1. The molecule has 2 heterocycles. The number of hydrogen-bond acceptors (Lipinski definition) is 3. The van der Waals surface area contributed by atoms with Crippen LogP contribution in [0.5, 0.6) is 0 Å². The van der Waals surface area contributed by atoms with E-state index in [2.05, 4.69) is 15.2 Å². The number of aromatic nitrogens is 1. The Kier molecular flexibility index (Phi) is 6.15. The second-order valence-corrected chi connectivity index (χ2v) is 7.47. The molecule has 4 nitrogen and oxygen atoms in total. The molecule has 0 aliphatic carbocycles. The van der Waals surface area contributed by atoms with Gasteiger partial charge < -0.3 is 10.2 Å². The maximum Gasteiger partial charge on any atom is 0.253 e. The van der Waals surface area contributed by atoms with Crippen molar-refractivity contribution in [2.75, 3.05) is 18.0 Å². The van der Waals surface area contributed by atoms with Crippen molar-refractivity contribution in [2.24, 2.45) is 0 Å². The lowest BCUT2D eigenvalue weighted by Crippen LogP contribution is -2.35. The van der Waals surface area contributed by atoms with E-state index in [0.717, 1.165) is 30.2 Å². The summed E-state index contributed by atoms with van der Waals surface area (Å²) >= 11 is 6.30.